The number of aliphatic imine (C=N–C) groups is 1. The van der Waals surface area contributed by atoms with Crippen LogP contribution in [0.3, 0.4) is 0 Å². The van der Waals surface area contributed by atoms with E-state index in [2.05, 4.69) is 26.2 Å². The highest BCUT2D eigenvalue weighted by Crippen LogP contribution is 2.34. The van der Waals surface area contributed by atoms with Gasteiger partial charge in [0.15, 0.2) is 12.4 Å². The summed E-state index contributed by atoms with van der Waals surface area (Å²) in [6.07, 6.45) is 2.83. The average Bonchev–Trinajstić information content (AvgIpc) is 3.28. The van der Waals surface area contributed by atoms with E-state index >= 15 is 0 Å². The quantitative estimate of drug-likeness (QED) is 0.464. The van der Waals surface area contributed by atoms with Crippen molar-refractivity contribution in [3.05, 3.63) is 65.9 Å². The molecule has 0 saturated carbocycles. The second-order valence-corrected chi connectivity index (χ2v) is 8.64. The van der Waals surface area contributed by atoms with Gasteiger partial charge in [-0.1, -0.05) is 30.3 Å². The lowest BCUT2D eigenvalue weighted by Crippen LogP contribution is -2.23. The number of nitriles is 1. The number of halogens is 1. The van der Waals surface area contributed by atoms with Gasteiger partial charge in [0.05, 0.1) is 28.7 Å². The summed E-state index contributed by atoms with van der Waals surface area (Å²) in [4.78, 5) is 8.72. The zero-order valence-electron chi connectivity index (χ0n) is 18.5. The Morgan fingerprint density at radius 1 is 1.12 bits per heavy atom. The molecule has 6 nitrogen and oxygen atoms in total. The molecule has 7 heteroatoms. The normalized spacial score (nSPS) is 18.5. The molecule has 1 N–H and O–H groups in total. The first kappa shape index (κ1) is 21.0. The van der Waals surface area contributed by atoms with Crippen molar-refractivity contribution in [2.45, 2.75) is 31.7 Å². The van der Waals surface area contributed by atoms with Crippen LogP contribution in [0.15, 0.2) is 59.7 Å². The van der Waals surface area contributed by atoms with Gasteiger partial charge in [0.1, 0.15) is 5.69 Å². The summed E-state index contributed by atoms with van der Waals surface area (Å²) >= 11 is 0. The fourth-order valence-corrected chi connectivity index (χ4v) is 4.10. The Morgan fingerprint density at radius 3 is 2.58 bits per heavy atom. The van der Waals surface area contributed by atoms with E-state index in [0.717, 1.165) is 44.2 Å². The van der Waals surface area contributed by atoms with Crippen LogP contribution in [0, 0.1) is 11.3 Å². The highest BCUT2D eigenvalue weighted by Gasteiger charge is 2.23. The van der Waals surface area contributed by atoms with Crippen LogP contribution in [-0.4, -0.2) is 40.9 Å². The van der Waals surface area contributed by atoms with E-state index in [4.69, 9.17) is 4.74 Å². The molecule has 0 radical (unpaired) electrons. The van der Waals surface area contributed by atoms with Gasteiger partial charge in [0.2, 0.25) is 0 Å². The molecule has 2 aromatic heterocycles. The van der Waals surface area contributed by atoms with Crippen molar-refractivity contribution in [2.24, 2.45) is 4.99 Å². The van der Waals surface area contributed by atoms with E-state index < -0.39 is 17.8 Å². The van der Waals surface area contributed by atoms with Crippen molar-refractivity contribution in [1.29, 1.82) is 5.26 Å². The average molecular weight is 439 g/mol. The smallest absolute Gasteiger partial charge is 0.182 e. The summed E-state index contributed by atoms with van der Waals surface area (Å²) in [7, 11) is 1.44. The third-order valence-corrected chi connectivity index (χ3v) is 6.10. The Morgan fingerprint density at radius 2 is 1.88 bits per heavy atom. The molecule has 4 aromatic rings. The molecule has 0 amide bonds. The largest absolute Gasteiger partial charge is 0.356 e. The SMILES string of the molecule is COC1N=CC(c2ccc3ncc4[nH]nc(-c5ccc(C(C)(C)C#N)cc5)c4c3c2)=CC1F. The van der Waals surface area contributed by atoms with E-state index in [9.17, 15) is 9.65 Å². The van der Waals surface area contributed by atoms with E-state index in [-0.39, 0.29) is 0 Å². The maximum absolute atomic E-state index is 14.4. The molecule has 2 unspecified atom stereocenters. The second-order valence-electron chi connectivity index (χ2n) is 8.64. The van der Waals surface area contributed by atoms with Crippen molar-refractivity contribution in [3.8, 4) is 17.3 Å². The van der Waals surface area contributed by atoms with Gasteiger partial charge in [-0.25, -0.2) is 4.39 Å². The number of ether oxygens (including phenoxy) is 1. The Hall–Kier alpha value is -3.89. The number of nitrogens with zero attached hydrogens (tertiary/aromatic N) is 4. The van der Waals surface area contributed by atoms with Gasteiger partial charge in [0, 0.05) is 29.7 Å². The van der Waals surface area contributed by atoms with Crippen molar-refractivity contribution in [1.82, 2.24) is 15.2 Å². The van der Waals surface area contributed by atoms with Gasteiger partial charge in [-0.05, 0) is 48.8 Å². The Balaban J connectivity index is 1.63. The predicted molar refractivity (Wildman–Crippen MR) is 128 cm³/mol. The van der Waals surface area contributed by atoms with Crippen LogP contribution in [0.4, 0.5) is 4.39 Å². The van der Waals surface area contributed by atoms with Crippen LogP contribution in [0.5, 0.6) is 0 Å². The Labute approximate surface area is 190 Å². The van der Waals surface area contributed by atoms with Crippen LogP contribution < -0.4 is 0 Å². The number of fused-ring (bicyclic) bond motifs is 3. The number of aromatic amines is 1. The third-order valence-electron chi connectivity index (χ3n) is 6.10. The van der Waals surface area contributed by atoms with Crippen LogP contribution in [0.1, 0.15) is 25.0 Å². The number of pyridine rings is 1. The third kappa shape index (κ3) is 3.59. The predicted octanol–water partition coefficient (Wildman–Crippen LogP) is 5.36. The number of benzene rings is 2. The standard InChI is InChI=1S/C26H22FN5O/c1-26(2,14-28)18-7-4-15(5-8-18)24-23-19-10-16(17-11-20(27)25(33-3)30-12-17)6-9-21(19)29-13-22(23)31-32-24/h4-13,20,25H,1-3H3,(H,31,32). The highest BCUT2D eigenvalue weighted by molar-refractivity contribution is 6.15. The summed E-state index contributed by atoms with van der Waals surface area (Å²) in [6, 6.07) is 16.0. The molecule has 1 aliphatic rings. The number of alkyl halides is 1. The molecule has 3 heterocycles. The molecule has 0 fully saturated rings. The lowest BCUT2D eigenvalue weighted by molar-refractivity contribution is 0.0581. The number of nitrogens with one attached hydrogen (secondary N) is 1. The minimum Gasteiger partial charge on any atom is -0.356 e. The van der Waals surface area contributed by atoms with Gasteiger partial charge in [0.25, 0.3) is 0 Å². The first-order valence-corrected chi connectivity index (χ1v) is 10.6. The summed E-state index contributed by atoms with van der Waals surface area (Å²) in [5.41, 5.74) is 5.27. The minimum atomic E-state index is -1.31. The fraction of sp³-hybridized carbons (Fsp3) is 0.231. The molecular weight excluding hydrogens is 417 g/mol. The van der Waals surface area contributed by atoms with Crippen molar-refractivity contribution < 1.29 is 9.13 Å². The monoisotopic (exact) mass is 439 g/mol. The summed E-state index contributed by atoms with van der Waals surface area (Å²) in [6.45, 7) is 3.79. The Bertz CT molecular complexity index is 1460. The van der Waals surface area contributed by atoms with E-state index in [1.54, 1.807) is 12.4 Å². The second kappa shape index (κ2) is 7.91. The fourth-order valence-electron chi connectivity index (χ4n) is 4.10. The molecule has 0 aliphatic carbocycles. The van der Waals surface area contributed by atoms with Crippen LogP contribution >= 0.6 is 0 Å². The number of hydrogen-bond donors (Lipinski definition) is 1. The summed E-state index contributed by atoms with van der Waals surface area (Å²) in [5, 5.41) is 18.9. The number of hydrogen-bond acceptors (Lipinski definition) is 5. The van der Waals surface area contributed by atoms with Gasteiger partial charge < -0.3 is 4.74 Å². The molecular formula is C26H22FN5O. The van der Waals surface area contributed by atoms with E-state index in [0.29, 0.717) is 5.57 Å². The molecule has 1 aliphatic heterocycles. The summed E-state index contributed by atoms with van der Waals surface area (Å²) < 4.78 is 19.4. The van der Waals surface area contributed by atoms with Crippen molar-refractivity contribution in [3.63, 3.8) is 0 Å². The molecule has 0 bridgehead atoms. The number of allylic oxidation sites excluding steroid dienone is 1. The van der Waals surface area contributed by atoms with Gasteiger partial charge >= 0.3 is 0 Å². The van der Waals surface area contributed by atoms with Crippen LogP contribution in [-0.2, 0) is 10.2 Å². The van der Waals surface area contributed by atoms with Crippen molar-refractivity contribution in [2.75, 3.05) is 7.11 Å². The van der Waals surface area contributed by atoms with E-state index in [1.807, 2.05) is 56.3 Å². The molecule has 2 atom stereocenters. The molecule has 0 spiro atoms. The maximum atomic E-state index is 14.4. The highest BCUT2D eigenvalue weighted by atomic mass is 19.1. The van der Waals surface area contributed by atoms with Gasteiger partial charge in [-0.2, -0.15) is 10.4 Å². The maximum Gasteiger partial charge on any atom is 0.182 e. The lowest BCUT2D eigenvalue weighted by atomic mass is 9.86. The topological polar surface area (TPSA) is 87.0 Å². The zero-order chi connectivity index (χ0) is 23.2. The number of rotatable bonds is 4. The minimum absolute atomic E-state index is 0.566. The van der Waals surface area contributed by atoms with Gasteiger partial charge in [-0.15, -0.1) is 0 Å². The number of methoxy groups -OCH3 is 1. The number of H-pyrrole nitrogens is 1. The first-order valence-electron chi connectivity index (χ1n) is 10.6. The molecule has 33 heavy (non-hydrogen) atoms. The molecule has 2 aromatic carbocycles. The number of dihydropyridines is 1. The molecule has 5 rings (SSSR count). The first-order chi connectivity index (χ1) is 15.9. The van der Waals surface area contributed by atoms with E-state index in [1.165, 1.54) is 13.2 Å². The van der Waals surface area contributed by atoms with Crippen LogP contribution in [0.25, 0.3) is 38.6 Å². The molecule has 0 saturated heterocycles. The number of aromatic nitrogens is 3. The van der Waals surface area contributed by atoms with Crippen molar-refractivity contribution >= 4 is 33.6 Å². The van der Waals surface area contributed by atoms with Gasteiger partial charge in [-0.3, -0.25) is 15.1 Å². The summed E-state index contributed by atoms with van der Waals surface area (Å²) in [5.74, 6) is 0. The molecule has 164 valence electrons. The van der Waals surface area contributed by atoms with Crippen LogP contribution in [0.2, 0.25) is 0 Å². The Kier molecular flexibility index (Phi) is 5.03. The lowest BCUT2D eigenvalue weighted by Gasteiger charge is -2.18. The zero-order valence-corrected chi connectivity index (χ0v) is 18.5.